The van der Waals surface area contributed by atoms with Crippen molar-refractivity contribution in [3.63, 3.8) is 0 Å². The van der Waals surface area contributed by atoms with Gasteiger partial charge < -0.3 is 24.1 Å². The van der Waals surface area contributed by atoms with E-state index in [1.165, 1.54) is 7.11 Å². The molecule has 1 atom stereocenters. The summed E-state index contributed by atoms with van der Waals surface area (Å²) in [5.74, 6) is -0.423. The van der Waals surface area contributed by atoms with Crippen molar-refractivity contribution < 1.29 is 28.4 Å². The Morgan fingerprint density at radius 2 is 1.72 bits per heavy atom. The molecule has 2 aromatic carbocycles. The molecule has 2 aromatic rings. The van der Waals surface area contributed by atoms with E-state index >= 15 is 0 Å². The third kappa shape index (κ3) is 5.09. The molecule has 7 nitrogen and oxygen atoms in total. The summed E-state index contributed by atoms with van der Waals surface area (Å²) in [5, 5.41) is 3.13. The quantitative estimate of drug-likeness (QED) is 0.444. The molecule has 1 amide bonds. The van der Waals surface area contributed by atoms with Crippen molar-refractivity contribution in [2.75, 3.05) is 13.7 Å². The molecule has 2 aliphatic heterocycles. The topological polar surface area (TPSA) is 83.1 Å². The Hall–Kier alpha value is -2.26. The van der Waals surface area contributed by atoms with E-state index in [1.807, 2.05) is 39.8 Å². The van der Waals surface area contributed by atoms with Crippen LogP contribution in [0.4, 0.5) is 0 Å². The third-order valence-corrected chi connectivity index (χ3v) is 7.75. The van der Waals surface area contributed by atoms with Gasteiger partial charge in [-0.2, -0.15) is 0 Å². The number of carbonyl (C=O) groups is 2. The molecule has 192 valence electrons. The van der Waals surface area contributed by atoms with Crippen LogP contribution in [0.25, 0.3) is 0 Å². The van der Waals surface area contributed by atoms with Crippen molar-refractivity contribution in [1.29, 1.82) is 0 Å². The molecule has 36 heavy (non-hydrogen) atoms. The van der Waals surface area contributed by atoms with Crippen LogP contribution < -0.4 is 15.5 Å². The minimum absolute atomic E-state index is 0.108. The normalized spacial score (nSPS) is 18.7. The molecular weight excluding hydrogens is 504 g/mol. The van der Waals surface area contributed by atoms with E-state index in [0.29, 0.717) is 12.4 Å². The van der Waals surface area contributed by atoms with E-state index in [0.717, 1.165) is 29.4 Å². The fraction of sp³-hybridized carbons (Fsp3) is 0.462. The highest BCUT2D eigenvalue weighted by atomic mass is 35.5. The predicted molar refractivity (Wildman–Crippen MR) is 139 cm³/mol. The maximum absolute atomic E-state index is 13.0. The van der Waals surface area contributed by atoms with Gasteiger partial charge >= 0.3 is 13.1 Å². The van der Waals surface area contributed by atoms with Crippen molar-refractivity contribution in [3.8, 4) is 5.75 Å². The lowest BCUT2D eigenvalue weighted by atomic mass is 9.75. The Morgan fingerprint density at radius 3 is 2.33 bits per heavy atom. The number of benzene rings is 2. The van der Waals surface area contributed by atoms with Gasteiger partial charge in [-0.1, -0.05) is 41.4 Å². The number of hydrogen-bond donors (Lipinski definition) is 1. The maximum atomic E-state index is 13.0. The van der Waals surface area contributed by atoms with Gasteiger partial charge in [-0.3, -0.25) is 4.79 Å². The molecule has 0 saturated carbocycles. The number of ether oxygens (including phenoxy) is 2. The Morgan fingerprint density at radius 1 is 1.08 bits per heavy atom. The number of fused-ring (bicyclic) bond motifs is 1. The van der Waals surface area contributed by atoms with E-state index in [2.05, 4.69) is 5.32 Å². The number of rotatable bonds is 6. The molecular formula is C26H30BCl2NO6. The Kier molecular flexibility index (Phi) is 7.63. The van der Waals surface area contributed by atoms with Crippen molar-refractivity contribution in [3.05, 3.63) is 57.1 Å². The van der Waals surface area contributed by atoms with Crippen LogP contribution in [0.5, 0.6) is 5.75 Å². The lowest BCUT2D eigenvalue weighted by Crippen LogP contribution is -2.44. The van der Waals surface area contributed by atoms with Gasteiger partial charge in [0.05, 0.1) is 40.5 Å². The van der Waals surface area contributed by atoms with Crippen LogP contribution in [0.2, 0.25) is 10.0 Å². The highest BCUT2D eigenvalue weighted by Gasteiger charge is 2.52. The number of methoxy groups -OCH3 is 1. The first kappa shape index (κ1) is 26.8. The van der Waals surface area contributed by atoms with Crippen molar-refractivity contribution in [2.24, 2.45) is 0 Å². The van der Waals surface area contributed by atoms with E-state index < -0.39 is 36.2 Å². The second-order valence-corrected chi connectivity index (χ2v) is 10.8. The summed E-state index contributed by atoms with van der Waals surface area (Å²) in [6.45, 7) is 8.59. The van der Waals surface area contributed by atoms with Gasteiger partial charge in [0.25, 0.3) is 5.91 Å². The summed E-state index contributed by atoms with van der Waals surface area (Å²) in [6.07, 6.45) is 1.79. The molecule has 1 saturated heterocycles. The fourth-order valence-corrected chi connectivity index (χ4v) is 4.97. The Labute approximate surface area is 221 Å². The summed E-state index contributed by atoms with van der Waals surface area (Å²) < 4.78 is 23.6. The van der Waals surface area contributed by atoms with Gasteiger partial charge in [-0.05, 0) is 63.8 Å². The molecule has 0 radical (unpaired) electrons. The van der Waals surface area contributed by atoms with Gasteiger partial charge in [0.1, 0.15) is 11.8 Å². The molecule has 2 heterocycles. The summed E-state index contributed by atoms with van der Waals surface area (Å²) in [7, 11) is 0.707. The molecule has 1 fully saturated rings. The van der Waals surface area contributed by atoms with E-state index in [9.17, 15) is 9.59 Å². The van der Waals surface area contributed by atoms with Crippen LogP contribution in [-0.2, 0) is 31.7 Å². The van der Waals surface area contributed by atoms with Crippen LogP contribution in [0.15, 0.2) is 30.3 Å². The van der Waals surface area contributed by atoms with E-state index in [4.69, 9.17) is 42.0 Å². The van der Waals surface area contributed by atoms with E-state index in [-0.39, 0.29) is 22.0 Å². The monoisotopic (exact) mass is 533 g/mol. The maximum Gasteiger partial charge on any atom is 0.498 e. The molecule has 2 aliphatic rings. The minimum Gasteiger partial charge on any atom is -0.494 e. The molecule has 0 aliphatic carbocycles. The smallest absolute Gasteiger partial charge is 0.494 e. The number of hydrogen-bond acceptors (Lipinski definition) is 6. The van der Waals surface area contributed by atoms with Crippen molar-refractivity contribution >= 4 is 47.7 Å². The summed E-state index contributed by atoms with van der Waals surface area (Å²) in [5.41, 5.74) is 1.78. The summed E-state index contributed by atoms with van der Waals surface area (Å²) >= 11 is 12.4. The van der Waals surface area contributed by atoms with Crippen molar-refractivity contribution in [2.45, 2.75) is 64.2 Å². The predicted octanol–water partition coefficient (Wildman–Crippen LogP) is 4.13. The Balaban J connectivity index is 1.64. The first-order chi connectivity index (χ1) is 16.9. The zero-order valence-corrected chi connectivity index (χ0v) is 22.6. The molecule has 0 aromatic heterocycles. The zero-order chi connectivity index (χ0) is 26.3. The van der Waals surface area contributed by atoms with Gasteiger partial charge in [-0.15, -0.1) is 0 Å². The third-order valence-electron chi connectivity index (χ3n) is 7.12. The van der Waals surface area contributed by atoms with Crippen LogP contribution >= 0.6 is 23.2 Å². The number of nitrogens with one attached hydrogen (secondary N) is 1. The molecule has 0 bridgehead atoms. The standard InChI is InChI=1S/C26H30BCl2NO6/c1-25(2)26(3,4)36-27(35-25)17-12-11-15(16-8-7-13-34-22(16)17)14-20(24(32)33-5)30-23(31)21-18(28)9-6-10-19(21)29/h6,9-12,20H,7-8,13-14H2,1-5H3,(H,30,31)/t20-/m0/s1. The van der Waals surface area contributed by atoms with Gasteiger partial charge in [-0.25, -0.2) is 4.79 Å². The number of esters is 1. The zero-order valence-electron chi connectivity index (χ0n) is 21.1. The highest BCUT2D eigenvalue weighted by Crippen LogP contribution is 2.38. The second kappa shape index (κ2) is 10.2. The number of amides is 1. The van der Waals surface area contributed by atoms with Gasteiger partial charge in [0.15, 0.2) is 0 Å². The first-order valence-corrected chi connectivity index (χ1v) is 12.7. The molecule has 0 unspecified atom stereocenters. The molecule has 1 N–H and O–H groups in total. The van der Waals surface area contributed by atoms with E-state index in [1.54, 1.807) is 18.2 Å². The summed E-state index contributed by atoms with van der Waals surface area (Å²) in [4.78, 5) is 25.7. The Bertz CT molecular complexity index is 1150. The lowest BCUT2D eigenvalue weighted by molar-refractivity contribution is -0.142. The van der Waals surface area contributed by atoms with Crippen LogP contribution in [0.3, 0.4) is 0 Å². The van der Waals surface area contributed by atoms with Crippen LogP contribution in [-0.4, -0.2) is 50.0 Å². The average Bonchev–Trinajstić information content (AvgIpc) is 3.04. The largest absolute Gasteiger partial charge is 0.498 e. The first-order valence-electron chi connectivity index (χ1n) is 11.9. The SMILES string of the molecule is COC(=O)[C@H](Cc1ccc(B2OC(C)(C)C(C)(C)O2)c2c1CCCO2)NC(=O)c1c(Cl)cccc1Cl. The minimum atomic E-state index is -0.955. The molecule has 4 rings (SSSR count). The number of halogens is 2. The summed E-state index contributed by atoms with van der Waals surface area (Å²) in [6, 6.07) is 7.66. The second-order valence-electron chi connectivity index (χ2n) is 10.0. The molecule has 10 heteroatoms. The van der Waals surface area contributed by atoms with Crippen LogP contribution in [0, 0.1) is 0 Å². The van der Waals surface area contributed by atoms with Gasteiger partial charge in [0, 0.05) is 11.9 Å². The van der Waals surface area contributed by atoms with Gasteiger partial charge in [0.2, 0.25) is 0 Å². The molecule has 0 spiro atoms. The average molecular weight is 534 g/mol. The van der Waals surface area contributed by atoms with Crippen molar-refractivity contribution in [1.82, 2.24) is 5.32 Å². The lowest BCUT2D eigenvalue weighted by Gasteiger charge is -2.32. The highest BCUT2D eigenvalue weighted by molar-refractivity contribution is 6.63. The van der Waals surface area contributed by atoms with Crippen LogP contribution in [0.1, 0.15) is 55.6 Å². The fourth-order valence-electron chi connectivity index (χ4n) is 4.40. The number of carbonyl (C=O) groups excluding carboxylic acids is 2.